The number of aromatic nitrogens is 4. The molecule has 0 aliphatic heterocycles. The molecule has 86 valence electrons. The summed E-state index contributed by atoms with van der Waals surface area (Å²) >= 11 is 0. The lowest BCUT2D eigenvalue weighted by Gasteiger charge is -2.15. The highest BCUT2D eigenvalue weighted by Crippen LogP contribution is 2.06. The minimum Gasteiger partial charge on any atom is -0.325 e. The van der Waals surface area contributed by atoms with Crippen LogP contribution < -0.4 is 11.3 Å². The first-order valence-corrected chi connectivity index (χ1v) is 5.09. The number of nitrogens with two attached hydrogens (primary N) is 1. The van der Waals surface area contributed by atoms with E-state index in [4.69, 9.17) is 5.73 Å². The van der Waals surface area contributed by atoms with Crippen molar-refractivity contribution in [3.05, 3.63) is 27.9 Å². The second-order valence-corrected chi connectivity index (χ2v) is 4.71. The topological polar surface area (TPSA) is 89.1 Å². The molecule has 6 nitrogen and oxygen atoms in total. The number of nitrogens with zero attached hydrogens (tertiary/aromatic N) is 3. The van der Waals surface area contributed by atoms with Gasteiger partial charge in [-0.15, -0.1) is 0 Å². The van der Waals surface area contributed by atoms with Crippen molar-refractivity contribution in [2.45, 2.75) is 32.7 Å². The smallest absolute Gasteiger partial charge is 0.274 e. The van der Waals surface area contributed by atoms with Crippen molar-refractivity contribution >= 4 is 5.78 Å². The van der Waals surface area contributed by atoms with E-state index in [9.17, 15) is 4.79 Å². The molecule has 2 aromatic rings. The van der Waals surface area contributed by atoms with E-state index < -0.39 is 0 Å². The molecule has 2 aromatic heterocycles. The molecule has 0 unspecified atom stereocenters. The van der Waals surface area contributed by atoms with Crippen LogP contribution in [-0.2, 0) is 6.42 Å². The van der Waals surface area contributed by atoms with Gasteiger partial charge in [0.25, 0.3) is 11.3 Å². The SMILES string of the molecule is Cc1cc(=O)n2[nH]c(CC(C)(C)N)nc2n1. The highest BCUT2D eigenvalue weighted by molar-refractivity contribution is 5.27. The summed E-state index contributed by atoms with van der Waals surface area (Å²) in [6.07, 6.45) is 0.564. The van der Waals surface area contributed by atoms with Crippen LogP contribution in [0.2, 0.25) is 0 Å². The third-order valence-corrected chi connectivity index (χ3v) is 2.13. The molecule has 0 aliphatic rings. The zero-order valence-corrected chi connectivity index (χ0v) is 9.61. The van der Waals surface area contributed by atoms with Gasteiger partial charge in [-0.3, -0.25) is 9.89 Å². The molecular weight excluding hydrogens is 206 g/mol. The second kappa shape index (κ2) is 3.41. The van der Waals surface area contributed by atoms with Crippen LogP contribution in [0.3, 0.4) is 0 Å². The van der Waals surface area contributed by atoms with Crippen molar-refractivity contribution in [2.75, 3.05) is 0 Å². The van der Waals surface area contributed by atoms with Crippen molar-refractivity contribution in [3.8, 4) is 0 Å². The maximum atomic E-state index is 11.6. The molecule has 2 heterocycles. The molecule has 0 saturated carbocycles. The zero-order chi connectivity index (χ0) is 11.9. The predicted molar refractivity (Wildman–Crippen MR) is 60.3 cm³/mol. The minimum absolute atomic E-state index is 0.156. The van der Waals surface area contributed by atoms with E-state index in [2.05, 4.69) is 15.1 Å². The fraction of sp³-hybridized carbons (Fsp3) is 0.500. The highest BCUT2D eigenvalue weighted by atomic mass is 16.1. The summed E-state index contributed by atoms with van der Waals surface area (Å²) in [6, 6.07) is 1.46. The molecule has 0 aliphatic carbocycles. The molecule has 6 heteroatoms. The average molecular weight is 221 g/mol. The summed E-state index contributed by atoms with van der Waals surface area (Å²) in [6.45, 7) is 5.58. The Kier molecular flexibility index (Phi) is 2.31. The van der Waals surface area contributed by atoms with Gasteiger partial charge in [-0.25, -0.2) is 4.98 Å². The van der Waals surface area contributed by atoms with E-state index in [0.717, 1.165) is 0 Å². The van der Waals surface area contributed by atoms with E-state index >= 15 is 0 Å². The minimum atomic E-state index is -0.369. The van der Waals surface area contributed by atoms with Crippen LogP contribution in [0.25, 0.3) is 5.78 Å². The van der Waals surface area contributed by atoms with Gasteiger partial charge in [-0.05, 0) is 20.8 Å². The second-order valence-electron chi connectivity index (χ2n) is 4.71. The van der Waals surface area contributed by atoms with Gasteiger partial charge in [0.15, 0.2) is 0 Å². The summed E-state index contributed by atoms with van der Waals surface area (Å²) in [5.74, 6) is 1.06. The Balaban J connectivity index is 2.52. The first-order chi connectivity index (χ1) is 7.35. The van der Waals surface area contributed by atoms with Gasteiger partial charge in [-0.1, -0.05) is 0 Å². The van der Waals surface area contributed by atoms with Gasteiger partial charge >= 0.3 is 0 Å². The number of hydrogen-bond donors (Lipinski definition) is 2. The molecule has 3 N–H and O–H groups in total. The summed E-state index contributed by atoms with van der Waals surface area (Å²) in [4.78, 5) is 20.0. The van der Waals surface area contributed by atoms with Crippen LogP contribution in [0.4, 0.5) is 0 Å². The molecule has 0 aromatic carbocycles. The summed E-state index contributed by atoms with van der Waals surface area (Å²) in [5, 5.41) is 2.90. The first kappa shape index (κ1) is 10.8. The maximum absolute atomic E-state index is 11.6. The third kappa shape index (κ3) is 2.11. The van der Waals surface area contributed by atoms with E-state index in [0.29, 0.717) is 23.7 Å². The quantitative estimate of drug-likeness (QED) is 0.747. The molecular formula is C10H15N5O. The normalized spacial score (nSPS) is 12.2. The van der Waals surface area contributed by atoms with Crippen molar-refractivity contribution < 1.29 is 0 Å². The Morgan fingerprint density at radius 3 is 2.81 bits per heavy atom. The number of aromatic amines is 1. The molecule has 0 bridgehead atoms. The Morgan fingerprint density at radius 1 is 1.50 bits per heavy atom. The fourth-order valence-corrected chi connectivity index (χ4v) is 1.55. The largest absolute Gasteiger partial charge is 0.325 e. The lowest BCUT2D eigenvalue weighted by atomic mass is 10.0. The molecule has 16 heavy (non-hydrogen) atoms. The zero-order valence-electron chi connectivity index (χ0n) is 9.61. The van der Waals surface area contributed by atoms with E-state index in [1.807, 2.05) is 13.8 Å². The van der Waals surface area contributed by atoms with Crippen LogP contribution >= 0.6 is 0 Å². The molecule has 0 saturated heterocycles. The van der Waals surface area contributed by atoms with Gasteiger partial charge in [0.2, 0.25) is 0 Å². The number of nitrogens with one attached hydrogen (secondary N) is 1. The molecule has 0 spiro atoms. The summed E-state index contributed by atoms with van der Waals surface area (Å²) in [7, 11) is 0. The van der Waals surface area contributed by atoms with Gasteiger partial charge in [0.1, 0.15) is 5.82 Å². The monoisotopic (exact) mass is 221 g/mol. The molecule has 0 amide bonds. The molecule has 0 radical (unpaired) electrons. The maximum Gasteiger partial charge on any atom is 0.274 e. The standard InChI is InChI=1S/C10H15N5O/c1-6-4-8(16)15-9(12-6)13-7(14-15)5-10(2,3)11/h4H,5,11H2,1-3H3,(H,12,13,14). The van der Waals surface area contributed by atoms with Crippen LogP contribution in [0.5, 0.6) is 0 Å². The van der Waals surface area contributed by atoms with Crippen molar-refractivity contribution in [2.24, 2.45) is 5.73 Å². The van der Waals surface area contributed by atoms with Crippen LogP contribution in [-0.4, -0.2) is 25.1 Å². The van der Waals surface area contributed by atoms with Crippen LogP contribution in [0.15, 0.2) is 10.9 Å². The molecule has 2 rings (SSSR count). The number of aryl methyl sites for hydroxylation is 1. The molecule has 0 fully saturated rings. The van der Waals surface area contributed by atoms with Gasteiger partial charge in [0.05, 0.1) is 0 Å². The number of fused-ring (bicyclic) bond motifs is 1. The highest BCUT2D eigenvalue weighted by Gasteiger charge is 2.15. The van der Waals surface area contributed by atoms with Crippen molar-refractivity contribution in [3.63, 3.8) is 0 Å². The Labute approximate surface area is 92.5 Å². The first-order valence-electron chi connectivity index (χ1n) is 5.09. The van der Waals surface area contributed by atoms with Gasteiger partial charge in [0, 0.05) is 23.7 Å². The predicted octanol–water partition coefficient (Wildman–Crippen LogP) is 0.00582. The van der Waals surface area contributed by atoms with E-state index in [-0.39, 0.29) is 11.1 Å². The number of hydrogen-bond acceptors (Lipinski definition) is 4. The number of H-pyrrole nitrogens is 1. The van der Waals surface area contributed by atoms with Crippen molar-refractivity contribution in [1.29, 1.82) is 0 Å². The Morgan fingerprint density at radius 2 is 2.19 bits per heavy atom. The Hall–Kier alpha value is -1.69. The number of rotatable bonds is 2. The van der Waals surface area contributed by atoms with Crippen LogP contribution in [0.1, 0.15) is 25.4 Å². The lowest BCUT2D eigenvalue weighted by molar-refractivity contribution is 0.502. The van der Waals surface area contributed by atoms with E-state index in [1.165, 1.54) is 10.6 Å². The average Bonchev–Trinajstić information content (AvgIpc) is 2.43. The third-order valence-electron chi connectivity index (χ3n) is 2.13. The fourth-order valence-electron chi connectivity index (χ4n) is 1.55. The molecule has 0 atom stereocenters. The van der Waals surface area contributed by atoms with Crippen LogP contribution in [0, 0.1) is 6.92 Å². The summed E-state index contributed by atoms with van der Waals surface area (Å²) in [5.41, 5.74) is 6.03. The van der Waals surface area contributed by atoms with Gasteiger partial charge in [-0.2, -0.15) is 9.50 Å². The lowest BCUT2D eigenvalue weighted by Crippen LogP contribution is -2.34. The van der Waals surface area contributed by atoms with E-state index in [1.54, 1.807) is 6.92 Å². The Bertz CT molecular complexity index is 575. The summed E-state index contributed by atoms with van der Waals surface area (Å²) < 4.78 is 1.33. The van der Waals surface area contributed by atoms with Gasteiger partial charge < -0.3 is 5.73 Å². The van der Waals surface area contributed by atoms with Crippen molar-refractivity contribution in [1.82, 2.24) is 19.6 Å².